The summed E-state index contributed by atoms with van der Waals surface area (Å²) in [6, 6.07) is 10.8. The normalized spacial score (nSPS) is 12.6. The lowest BCUT2D eigenvalue weighted by atomic mass is 10.3. The average Bonchev–Trinajstić information content (AvgIpc) is 2.22. The van der Waals surface area contributed by atoms with Crippen LogP contribution < -0.4 is 9.55 Å². The van der Waals surface area contributed by atoms with Crippen LogP contribution in [0.2, 0.25) is 39.3 Å². The van der Waals surface area contributed by atoms with Crippen molar-refractivity contribution in [2.75, 3.05) is 17.7 Å². The van der Waals surface area contributed by atoms with Crippen LogP contribution in [0.25, 0.3) is 0 Å². The van der Waals surface area contributed by atoms with Crippen LogP contribution in [-0.2, 0) is 0 Å². The van der Waals surface area contributed by atoms with Gasteiger partial charge < -0.3 is 9.55 Å². The third-order valence-corrected chi connectivity index (χ3v) is 6.28. The number of para-hydroxylation sites is 1. The molecule has 0 amide bonds. The van der Waals surface area contributed by atoms with Gasteiger partial charge in [-0.1, -0.05) is 57.5 Å². The number of hydrogen-bond donors (Lipinski definition) is 1. The van der Waals surface area contributed by atoms with Crippen LogP contribution >= 0.6 is 0 Å². The molecule has 1 aromatic carbocycles. The maximum absolute atomic E-state index is 3.71. The number of nitrogens with zero attached hydrogens (tertiary/aromatic N) is 1. The zero-order chi connectivity index (χ0) is 13.8. The quantitative estimate of drug-likeness (QED) is 0.798. The molecule has 0 saturated carbocycles. The van der Waals surface area contributed by atoms with Crippen LogP contribution in [0.1, 0.15) is 0 Å². The SMILES string of the molecule is C[Si](C)(C)NCCN(c1ccccc1)[Si](C)(C)C. The van der Waals surface area contributed by atoms with Gasteiger partial charge in [0, 0.05) is 18.8 Å². The van der Waals surface area contributed by atoms with E-state index in [4.69, 9.17) is 0 Å². The molecule has 0 radical (unpaired) electrons. The third kappa shape index (κ3) is 5.37. The Labute approximate surface area is 115 Å². The van der Waals surface area contributed by atoms with Gasteiger partial charge >= 0.3 is 0 Å². The minimum absolute atomic E-state index is 1.09. The molecule has 0 saturated heterocycles. The summed E-state index contributed by atoms with van der Waals surface area (Å²) < 4.78 is 2.61. The Hall–Kier alpha value is -0.586. The van der Waals surface area contributed by atoms with E-state index >= 15 is 0 Å². The molecule has 1 N–H and O–H groups in total. The van der Waals surface area contributed by atoms with E-state index in [9.17, 15) is 0 Å². The van der Waals surface area contributed by atoms with Crippen molar-refractivity contribution < 1.29 is 0 Å². The standard InChI is InChI=1S/C14H28N2Si2/c1-17(2,3)15-12-13-16(18(4,5)6)14-10-8-7-9-11-14/h7-11,15H,12-13H2,1-6H3. The monoisotopic (exact) mass is 280 g/mol. The summed E-state index contributed by atoms with van der Waals surface area (Å²) in [4.78, 5) is 3.71. The van der Waals surface area contributed by atoms with Gasteiger partial charge in [-0.15, -0.1) is 0 Å². The van der Waals surface area contributed by atoms with E-state index in [0.717, 1.165) is 13.1 Å². The maximum atomic E-state index is 3.71. The first-order chi connectivity index (χ1) is 8.20. The molecule has 0 fully saturated rings. The van der Waals surface area contributed by atoms with Gasteiger partial charge in [-0.2, -0.15) is 0 Å². The Morgan fingerprint density at radius 1 is 0.944 bits per heavy atom. The highest BCUT2D eigenvalue weighted by Gasteiger charge is 2.24. The summed E-state index contributed by atoms with van der Waals surface area (Å²) in [7, 11) is -2.46. The van der Waals surface area contributed by atoms with Crippen molar-refractivity contribution in [2.24, 2.45) is 0 Å². The van der Waals surface area contributed by atoms with Crippen LogP contribution in [0.5, 0.6) is 0 Å². The highest BCUT2D eigenvalue weighted by atomic mass is 28.3. The van der Waals surface area contributed by atoms with Crippen molar-refractivity contribution in [1.29, 1.82) is 0 Å². The molecule has 1 aromatic rings. The molecule has 0 aliphatic heterocycles. The molecule has 4 heteroatoms. The molecule has 1 rings (SSSR count). The Morgan fingerprint density at radius 2 is 1.50 bits per heavy atom. The number of rotatable bonds is 6. The smallest absolute Gasteiger partial charge is 0.147 e. The fourth-order valence-corrected chi connectivity index (χ4v) is 4.57. The van der Waals surface area contributed by atoms with Crippen molar-refractivity contribution >= 4 is 22.2 Å². The van der Waals surface area contributed by atoms with Crippen LogP contribution in [0.4, 0.5) is 5.69 Å². The first kappa shape index (κ1) is 15.5. The average molecular weight is 281 g/mol. The van der Waals surface area contributed by atoms with Crippen molar-refractivity contribution in [3.63, 3.8) is 0 Å². The first-order valence-corrected chi connectivity index (χ1v) is 13.7. The fourth-order valence-electron chi connectivity index (χ4n) is 2.00. The van der Waals surface area contributed by atoms with Gasteiger partial charge in [-0.25, -0.2) is 0 Å². The summed E-state index contributed by atoms with van der Waals surface area (Å²) in [5.41, 5.74) is 1.37. The Balaban J connectivity index is 2.70. The molecule has 18 heavy (non-hydrogen) atoms. The van der Waals surface area contributed by atoms with Gasteiger partial charge in [0.1, 0.15) is 16.5 Å². The highest BCUT2D eigenvalue weighted by molar-refractivity contribution is 6.79. The second-order valence-electron chi connectivity index (χ2n) is 6.83. The van der Waals surface area contributed by atoms with E-state index in [1.54, 1.807) is 0 Å². The number of nitrogens with one attached hydrogen (secondary N) is 1. The van der Waals surface area contributed by atoms with E-state index in [0.29, 0.717) is 0 Å². The molecule has 0 bridgehead atoms. The van der Waals surface area contributed by atoms with E-state index in [1.807, 2.05) is 0 Å². The summed E-state index contributed by atoms with van der Waals surface area (Å²) in [6.45, 7) is 16.5. The van der Waals surface area contributed by atoms with Gasteiger partial charge in [-0.3, -0.25) is 0 Å². The summed E-state index contributed by atoms with van der Waals surface area (Å²) in [6.07, 6.45) is 0. The lowest BCUT2D eigenvalue weighted by Crippen LogP contribution is -2.52. The van der Waals surface area contributed by atoms with E-state index in [1.165, 1.54) is 5.69 Å². The molecule has 0 aliphatic rings. The molecular weight excluding hydrogens is 252 g/mol. The third-order valence-electron chi connectivity index (χ3n) is 2.87. The zero-order valence-electron chi connectivity index (χ0n) is 12.7. The molecule has 102 valence electrons. The number of hydrogen-bond acceptors (Lipinski definition) is 2. The Bertz CT molecular complexity index is 352. The molecule has 0 unspecified atom stereocenters. The molecule has 0 aliphatic carbocycles. The predicted octanol–water partition coefficient (Wildman–Crippen LogP) is 3.75. The number of anilines is 1. The van der Waals surface area contributed by atoms with Crippen LogP contribution in [0, 0.1) is 0 Å². The van der Waals surface area contributed by atoms with E-state index in [-0.39, 0.29) is 0 Å². The van der Waals surface area contributed by atoms with Crippen molar-refractivity contribution in [2.45, 2.75) is 39.3 Å². The first-order valence-electron chi connectivity index (χ1n) is 6.78. The van der Waals surface area contributed by atoms with Gasteiger partial charge in [0.15, 0.2) is 0 Å². The van der Waals surface area contributed by atoms with Gasteiger partial charge in [0.2, 0.25) is 0 Å². The Kier molecular flexibility index (Phi) is 5.19. The molecule has 0 heterocycles. The van der Waals surface area contributed by atoms with Crippen LogP contribution in [0.15, 0.2) is 30.3 Å². The van der Waals surface area contributed by atoms with Crippen LogP contribution in [0.3, 0.4) is 0 Å². The summed E-state index contributed by atoms with van der Waals surface area (Å²) in [5.74, 6) is 0. The minimum atomic E-state index is -1.32. The lowest BCUT2D eigenvalue weighted by Gasteiger charge is -2.37. The fraction of sp³-hybridized carbons (Fsp3) is 0.571. The van der Waals surface area contributed by atoms with Crippen molar-refractivity contribution in [1.82, 2.24) is 4.98 Å². The van der Waals surface area contributed by atoms with Crippen LogP contribution in [-0.4, -0.2) is 29.6 Å². The molecule has 0 atom stereocenters. The van der Waals surface area contributed by atoms with E-state index < -0.39 is 16.5 Å². The van der Waals surface area contributed by atoms with Gasteiger partial charge in [-0.05, 0) is 12.1 Å². The Morgan fingerprint density at radius 3 is 1.94 bits per heavy atom. The summed E-state index contributed by atoms with van der Waals surface area (Å²) in [5, 5.41) is 0. The second kappa shape index (κ2) is 6.04. The molecule has 0 aromatic heterocycles. The predicted molar refractivity (Wildman–Crippen MR) is 88.5 cm³/mol. The molecule has 2 nitrogen and oxygen atoms in total. The van der Waals surface area contributed by atoms with E-state index in [2.05, 4.69) is 79.2 Å². The number of benzene rings is 1. The molecule has 0 spiro atoms. The lowest BCUT2D eigenvalue weighted by molar-refractivity contribution is 0.859. The minimum Gasteiger partial charge on any atom is -0.397 e. The van der Waals surface area contributed by atoms with Gasteiger partial charge in [0.05, 0.1) is 0 Å². The highest BCUT2D eigenvalue weighted by Crippen LogP contribution is 2.20. The summed E-state index contributed by atoms with van der Waals surface area (Å²) >= 11 is 0. The largest absolute Gasteiger partial charge is 0.397 e. The van der Waals surface area contributed by atoms with Gasteiger partial charge in [0.25, 0.3) is 0 Å². The van der Waals surface area contributed by atoms with Crippen molar-refractivity contribution in [3.05, 3.63) is 30.3 Å². The van der Waals surface area contributed by atoms with Crippen molar-refractivity contribution in [3.8, 4) is 0 Å². The zero-order valence-corrected chi connectivity index (χ0v) is 14.7. The second-order valence-corrected chi connectivity index (χ2v) is 16.6. The topological polar surface area (TPSA) is 15.3 Å². The maximum Gasteiger partial charge on any atom is 0.147 e. The molecular formula is C14H28N2Si2.